The Morgan fingerprint density at radius 1 is 1.11 bits per heavy atom. The molecule has 0 bridgehead atoms. The fraction of sp³-hybridized carbons (Fsp3) is 0.455. The second kappa shape index (κ2) is 7.76. The zero-order chi connectivity index (χ0) is 19.7. The first-order chi connectivity index (χ1) is 13.4. The third-order valence-corrected chi connectivity index (χ3v) is 7.14. The van der Waals surface area contributed by atoms with Gasteiger partial charge in [0.1, 0.15) is 0 Å². The molecule has 4 rings (SSSR count). The van der Waals surface area contributed by atoms with Crippen molar-refractivity contribution in [3.8, 4) is 0 Å². The van der Waals surface area contributed by atoms with Gasteiger partial charge in [-0.3, -0.25) is 0 Å². The second-order valence-corrected chi connectivity index (χ2v) is 10.0. The van der Waals surface area contributed by atoms with Crippen molar-refractivity contribution >= 4 is 21.2 Å². The Kier molecular flexibility index (Phi) is 5.34. The molecule has 28 heavy (non-hydrogen) atoms. The van der Waals surface area contributed by atoms with E-state index in [1.54, 1.807) is 6.07 Å². The van der Waals surface area contributed by atoms with E-state index < -0.39 is 9.84 Å². The molecule has 1 heterocycles. The number of hydrogen-bond acceptors (Lipinski definition) is 5. The van der Waals surface area contributed by atoms with Crippen LogP contribution < -0.4 is 15.5 Å². The van der Waals surface area contributed by atoms with Crippen LogP contribution in [0.25, 0.3) is 0 Å². The Bertz CT molecular complexity index is 952. The maximum Gasteiger partial charge on any atom is 0.177 e. The zero-order valence-corrected chi connectivity index (χ0v) is 17.4. The van der Waals surface area contributed by atoms with Crippen LogP contribution in [-0.4, -0.2) is 40.9 Å². The van der Waals surface area contributed by atoms with Crippen LogP contribution in [-0.2, 0) is 16.3 Å². The summed E-state index contributed by atoms with van der Waals surface area (Å²) in [6.07, 6.45) is 3.46. The van der Waals surface area contributed by atoms with Crippen molar-refractivity contribution in [3.63, 3.8) is 0 Å². The lowest BCUT2D eigenvalue weighted by molar-refractivity contribution is 0.433. The van der Waals surface area contributed by atoms with E-state index in [4.69, 9.17) is 0 Å². The number of anilines is 2. The van der Waals surface area contributed by atoms with E-state index in [-0.39, 0.29) is 6.04 Å². The van der Waals surface area contributed by atoms with Gasteiger partial charge in [0.25, 0.3) is 0 Å². The normalized spacial score (nSPS) is 22.6. The summed E-state index contributed by atoms with van der Waals surface area (Å²) in [5, 5.41) is 6.98. The Morgan fingerprint density at radius 2 is 1.86 bits per heavy atom. The highest BCUT2D eigenvalue weighted by Gasteiger charge is 2.28. The van der Waals surface area contributed by atoms with Crippen molar-refractivity contribution in [2.45, 2.75) is 30.7 Å². The van der Waals surface area contributed by atoms with Crippen LogP contribution in [0.3, 0.4) is 0 Å². The molecule has 2 atom stereocenters. The van der Waals surface area contributed by atoms with Gasteiger partial charge in [0, 0.05) is 38.1 Å². The summed E-state index contributed by atoms with van der Waals surface area (Å²) in [6, 6.07) is 14.3. The van der Waals surface area contributed by atoms with Crippen LogP contribution in [0.1, 0.15) is 30.5 Å². The number of hydrogen-bond donors (Lipinski definition) is 2. The minimum atomic E-state index is -3.32. The molecular weight excluding hydrogens is 370 g/mol. The van der Waals surface area contributed by atoms with E-state index in [0.717, 1.165) is 44.7 Å². The first-order valence-electron chi connectivity index (χ1n) is 10.1. The van der Waals surface area contributed by atoms with E-state index >= 15 is 0 Å². The molecule has 0 saturated carbocycles. The quantitative estimate of drug-likeness (QED) is 0.827. The molecule has 0 radical (unpaired) electrons. The predicted molar refractivity (Wildman–Crippen MR) is 115 cm³/mol. The highest BCUT2D eigenvalue weighted by Crippen LogP contribution is 2.39. The maximum absolute atomic E-state index is 12.4. The monoisotopic (exact) mass is 399 g/mol. The molecule has 5 nitrogen and oxygen atoms in total. The first kappa shape index (κ1) is 19.3. The fourth-order valence-corrected chi connectivity index (χ4v) is 5.22. The van der Waals surface area contributed by atoms with Crippen LogP contribution in [0.15, 0.2) is 47.4 Å². The van der Waals surface area contributed by atoms with Gasteiger partial charge in [-0.25, -0.2) is 8.42 Å². The Labute approximate surface area is 168 Å². The number of benzene rings is 2. The number of sulfone groups is 1. The highest BCUT2D eigenvalue weighted by atomic mass is 32.2. The molecule has 2 aromatic carbocycles. The standard InChI is InChI=1S/C22H29N3O2S/c1-16-7-8-17-5-3-4-6-19(17)22(16)24-20-15-18(25-13-11-23-12-14-25)9-10-21(20)28(2,26)27/h3-6,9-10,15-16,22-24H,7-8,11-14H2,1-2H3. The van der Waals surface area contributed by atoms with Crippen LogP contribution >= 0.6 is 0 Å². The summed E-state index contributed by atoms with van der Waals surface area (Å²) in [5.74, 6) is 0.435. The van der Waals surface area contributed by atoms with Gasteiger partial charge in [-0.15, -0.1) is 0 Å². The van der Waals surface area contributed by atoms with Gasteiger partial charge in [-0.2, -0.15) is 0 Å². The van der Waals surface area contributed by atoms with Crippen LogP contribution in [0.5, 0.6) is 0 Å². The van der Waals surface area contributed by atoms with Gasteiger partial charge in [-0.05, 0) is 48.1 Å². The summed E-state index contributed by atoms with van der Waals surface area (Å²) in [4.78, 5) is 2.69. The summed E-state index contributed by atoms with van der Waals surface area (Å²) in [6.45, 7) is 6.00. The topological polar surface area (TPSA) is 61.4 Å². The Hall–Kier alpha value is -2.05. The van der Waals surface area contributed by atoms with Crippen LogP contribution in [0, 0.1) is 5.92 Å². The molecule has 2 unspecified atom stereocenters. The number of piperazine rings is 1. The lowest BCUT2D eigenvalue weighted by Gasteiger charge is -2.34. The summed E-state index contributed by atoms with van der Waals surface area (Å²) >= 11 is 0. The molecule has 0 aromatic heterocycles. The molecule has 2 aromatic rings. The smallest absolute Gasteiger partial charge is 0.177 e. The van der Waals surface area contributed by atoms with Gasteiger partial charge in [0.05, 0.1) is 16.6 Å². The highest BCUT2D eigenvalue weighted by molar-refractivity contribution is 7.90. The number of nitrogens with zero attached hydrogens (tertiary/aromatic N) is 1. The average Bonchev–Trinajstić information content (AvgIpc) is 2.70. The Balaban J connectivity index is 1.73. The molecule has 1 aliphatic heterocycles. The lowest BCUT2D eigenvalue weighted by atomic mass is 9.80. The largest absolute Gasteiger partial charge is 0.377 e. The minimum absolute atomic E-state index is 0.115. The van der Waals surface area contributed by atoms with Crippen molar-refractivity contribution in [2.75, 3.05) is 42.7 Å². The van der Waals surface area contributed by atoms with Crippen molar-refractivity contribution in [3.05, 3.63) is 53.6 Å². The van der Waals surface area contributed by atoms with Gasteiger partial charge >= 0.3 is 0 Å². The van der Waals surface area contributed by atoms with E-state index in [9.17, 15) is 8.42 Å². The van der Waals surface area contributed by atoms with Gasteiger partial charge in [-0.1, -0.05) is 31.2 Å². The van der Waals surface area contributed by atoms with E-state index in [2.05, 4.69) is 46.7 Å². The van der Waals surface area contributed by atoms with E-state index in [1.165, 1.54) is 17.4 Å². The first-order valence-corrected chi connectivity index (χ1v) is 12.0. The minimum Gasteiger partial charge on any atom is -0.377 e. The second-order valence-electron chi connectivity index (χ2n) is 8.03. The zero-order valence-electron chi connectivity index (χ0n) is 16.6. The number of fused-ring (bicyclic) bond motifs is 1. The van der Waals surface area contributed by atoms with Crippen LogP contribution in [0.2, 0.25) is 0 Å². The average molecular weight is 400 g/mol. The van der Waals surface area contributed by atoms with Gasteiger partial charge in [0.15, 0.2) is 9.84 Å². The molecule has 150 valence electrons. The molecule has 1 aliphatic carbocycles. The molecule has 2 aliphatic rings. The molecule has 1 saturated heterocycles. The third kappa shape index (κ3) is 3.89. The third-order valence-electron chi connectivity index (χ3n) is 5.98. The summed E-state index contributed by atoms with van der Waals surface area (Å²) < 4.78 is 24.9. The summed E-state index contributed by atoms with van der Waals surface area (Å²) in [5.41, 5.74) is 4.44. The molecule has 2 N–H and O–H groups in total. The molecule has 6 heteroatoms. The van der Waals surface area contributed by atoms with E-state index in [0.29, 0.717) is 16.5 Å². The lowest BCUT2D eigenvalue weighted by Crippen LogP contribution is -2.43. The van der Waals surface area contributed by atoms with Gasteiger partial charge < -0.3 is 15.5 Å². The SMILES string of the molecule is CC1CCc2ccccc2C1Nc1cc(N2CCNCC2)ccc1S(C)(=O)=O. The van der Waals surface area contributed by atoms with Gasteiger partial charge in [0.2, 0.25) is 0 Å². The number of rotatable bonds is 4. The molecule has 0 spiro atoms. The number of nitrogens with one attached hydrogen (secondary N) is 2. The predicted octanol–water partition coefficient (Wildman–Crippen LogP) is 3.24. The van der Waals surface area contributed by atoms with Crippen molar-refractivity contribution in [1.82, 2.24) is 5.32 Å². The van der Waals surface area contributed by atoms with Crippen molar-refractivity contribution in [2.24, 2.45) is 5.92 Å². The van der Waals surface area contributed by atoms with Crippen molar-refractivity contribution < 1.29 is 8.42 Å². The number of aryl methyl sites for hydroxylation is 1. The molecule has 0 amide bonds. The van der Waals surface area contributed by atoms with Crippen molar-refractivity contribution in [1.29, 1.82) is 0 Å². The Morgan fingerprint density at radius 3 is 2.61 bits per heavy atom. The molecule has 1 fully saturated rings. The molecular formula is C22H29N3O2S. The maximum atomic E-state index is 12.4. The summed E-state index contributed by atoms with van der Waals surface area (Å²) in [7, 11) is -3.32. The van der Waals surface area contributed by atoms with E-state index in [1.807, 2.05) is 12.1 Å². The van der Waals surface area contributed by atoms with Crippen LogP contribution in [0.4, 0.5) is 11.4 Å². The fourth-order valence-electron chi connectivity index (χ4n) is 4.38.